The van der Waals surface area contributed by atoms with Crippen LogP contribution in [0, 0.1) is 0 Å². The number of nitrogens with zero attached hydrogens (tertiary/aromatic N) is 3. The number of benzene rings is 1. The summed E-state index contributed by atoms with van der Waals surface area (Å²) in [5.41, 5.74) is 5.16. The molecule has 2 aromatic rings. The molecule has 4 rings (SSSR count). The van der Waals surface area contributed by atoms with Gasteiger partial charge in [-0.2, -0.15) is 0 Å². The summed E-state index contributed by atoms with van der Waals surface area (Å²) < 4.78 is 0. The molecule has 5 heteroatoms. The van der Waals surface area contributed by atoms with E-state index in [0.29, 0.717) is 0 Å². The summed E-state index contributed by atoms with van der Waals surface area (Å²) in [6.07, 6.45) is 4.38. The van der Waals surface area contributed by atoms with Crippen molar-refractivity contribution in [2.45, 2.75) is 31.1 Å². The van der Waals surface area contributed by atoms with Crippen LogP contribution in [0.1, 0.15) is 23.2 Å². The largest absolute Gasteiger partial charge is 0.326 e. The number of para-hydroxylation sites is 1. The van der Waals surface area contributed by atoms with E-state index in [1.54, 1.807) is 11.8 Å². The lowest BCUT2D eigenvalue weighted by molar-refractivity contribution is 0.743. The van der Waals surface area contributed by atoms with Crippen LogP contribution in [0.4, 0.5) is 11.5 Å². The summed E-state index contributed by atoms with van der Waals surface area (Å²) in [7, 11) is 0. The maximum Gasteiger partial charge on any atom is 0.189 e. The first-order chi connectivity index (χ1) is 10.4. The van der Waals surface area contributed by atoms with Gasteiger partial charge < -0.3 is 10.2 Å². The standard InChI is InChI=1S/C16H18N4S/c1-21-16-18-13-10-17-9-12(13)15(19-16)20-8-4-6-11-5-2-3-7-14(11)20/h2-3,5,7,17H,4,6,8-10H2,1H3. The highest BCUT2D eigenvalue weighted by Gasteiger charge is 2.26. The van der Waals surface area contributed by atoms with Gasteiger partial charge in [-0.05, 0) is 30.7 Å². The molecule has 1 N–H and O–H groups in total. The fourth-order valence-corrected chi connectivity index (χ4v) is 3.58. The van der Waals surface area contributed by atoms with E-state index in [0.717, 1.165) is 42.7 Å². The lowest BCUT2D eigenvalue weighted by atomic mass is 10.0. The normalized spacial score (nSPS) is 16.7. The molecule has 108 valence electrons. The Kier molecular flexibility index (Phi) is 3.31. The van der Waals surface area contributed by atoms with E-state index in [2.05, 4.69) is 39.5 Å². The van der Waals surface area contributed by atoms with Gasteiger partial charge in [-0.1, -0.05) is 30.0 Å². The molecule has 3 heterocycles. The minimum atomic E-state index is 0.855. The van der Waals surface area contributed by atoms with Gasteiger partial charge in [0, 0.05) is 30.9 Å². The Morgan fingerprint density at radius 1 is 1.19 bits per heavy atom. The Morgan fingerprint density at radius 2 is 2.10 bits per heavy atom. The lowest BCUT2D eigenvalue weighted by Gasteiger charge is -2.31. The SMILES string of the molecule is CSc1nc2c(c(N3CCCc4ccccc43)n1)CNC2. The number of hydrogen-bond acceptors (Lipinski definition) is 5. The quantitative estimate of drug-likeness (QED) is 0.682. The number of aryl methyl sites for hydroxylation is 1. The summed E-state index contributed by atoms with van der Waals surface area (Å²) in [4.78, 5) is 11.9. The molecule has 0 unspecified atom stereocenters. The number of rotatable bonds is 2. The monoisotopic (exact) mass is 298 g/mol. The van der Waals surface area contributed by atoms with Crippen LogP contribution in [0.5, 0.6) is 0 Å². The predicted octanol–water partition coefficient (Wildman–Crippen LogP) is 2.89. The minimum absolute atomic E-state index is 0.855. The maximum absolute atomic E-state index is 4.82. The van der Waals surface area contributed by atoms with Gasteiger partial charge in [-0.25, -0.2) is 9.97 Å². The van der Waals surface area contributed by atoms with Gasteiger partial charge in [0.25, 0.3) is 0 Å². The first-order valence-corrected chi connectivity index (χ1v) is 8.59. The molecule has 21 heavy (non-hydrogen) atoms. The third kappa shape index (κ3) is 2.21. The summed E-state index contributed by atoms with van der Waals surface area (Å²) in [5, 5.41) is 4.27. The first-order valence-electron chi connectivity index (χ1n) is 7.37. The van der Waals surface area contributed by atoms with Crippen LogP contribution in [0.25, 0.3) is 0 Å². The summed E-state index contributed by atoms with van der Waals surface area (Å²) in [5.74, 6) is 1.10. The summed E-state index contributed by atoms with van der Waals surface area (Å²) >= 11 is 1.62. The Balaban J connectivity index is 1.86. The van der Waals surface area contributed by atoms with Gasteiger partial charge in [0.15, 0.2) is 5.16 Å². The zero-order valence-corrected chi connectivity index (χ0v) is 12.9. The highest BCUT2D eigenvalue weighted by Crippen LogP contribution is 2.36. The van der Waals surface area contributed by atoms with Crippen LogP contribution in [-0.2, 0) is 19.5 Å². The van der Waals surface area contributed by atoms with Crippen molar-refractivity contribution in [1.29, 1.82) is 0 Å². The third-order valence-corrected chi connectivity index (χ3v) is 4.74. The molecule has 2 aliphatic rings. The number of fused-ring (bicyclic) bond motifs is 2. The lowest BCUT2D eigenvalue weighted by Crippen LogP contribution is -2.27. The molecule has 0 amide bonds. The molecule has 0 bridgehead atoms. The second-order valence-corrected chi connectivity index (χ2v) is 6.22. The number of hydrogen-bond donors (Lipinski definition) is 1. The number of anilines is 2. The smallest absolute Gasteiger partial charge is 0.189 e. The Labute approximate surface area is 129 Å². The molecular weight excluding hydrogens is 280 g/mol. The zero-order valence-electron chi connectivity index (χ0n) is 12.1. The number of nitrogens with one attached hydrogen (secondary N) is 1. The van der Waals surface area contributed by atoms with Crippen molar-refractivity contribution in [3.8, 4) is 0 Å². The molecule has 0 saturated carbocycles. The summed E-state index contributed by atoms with van der Waals surface area (Å²) in [6.45, 7) is 2.76. The molecule has 2 aliphatic heterocycles. The molecule has 0 aliphatic carbocycles. The van der Waals surface area contributed by atoms with Crippen molar-refractivity contribution in [3.63, 3.8) is 0 Å². The number of thioether (sulfide) groups is 1. The van der Waals surface area contributed by atoms with Crippen molar-refractivity contribution >= 4 is 23.3 Å². The van der Waals surface area contributed by atoms with Gasteiger partial charge in [-0.15, -0.1) is 0 Å². The average molecular weight is 298 g/mol. The highest BCUT2D eigenvalue weighted by atomic mass is 32.2. The van der Waals surface area contributed by atoms with Gasteiger partial charge in [0.2, 0.25) is 0 Å². The fraction of sp³-hybridized carbons (Fsp3) is 0.375. The molecule has 0 radical (unpaired) electrons. The minimum Gasteiger partial charge on any atom is -0.326 e. The van der Waals surface area contributed by atoms with E-state index >= 15 is 0 Å². The second-order valence-electron chi connectivity index (χ2n) is 5.45. The van der Waals surface area contributed by atoms with E-state index in [9.17, 15) is 0 Å². The van der Waals surface area contributed by atoms with E-state index in [4.69, 9.17) is 4.98 Å². The number of aromatic nitrogens is 2. The highest BCUT2D eigenvalue weighted by molar-refractivity contribution is 7.98. The third-order valence-electron chi connectivity index (χ3n) is 4.19. The van der Waals surface area contributed by atoms with Crippen LogP contribution >= 0.6 is 11.8 Å². The zero-order chi connectivity index (χ0) is 14.2. The van der Waals surface area contributed by atoms with Crippen molar-refractivity contribution in [2.24, 2.45) is 0 Å². The summed E-state index contributed by atoms with van der Waals surface area (Å²) in [6, 6.07) is 8.69. The van der Waals surface area contributed by atoms with E-state index in [-0.39, 0.29) is 0 Å². The van der Waals surface area contributed by atoms with Crippen LogP contribution in [0.3, 0.4) is 0 Å². The van der Waals surface area contributed by atoms with Gasteiger partial charge in [0.1, 0.15) is 5.82 Å². The molecule has 1 aromatic carbocycles. The molecule has 0 saturated heterocycles. The van der Waals surface area contributed by atoms with Gasteiger partial charge in [-0.3, -0.25) is 0 Å². The second kappa shape index (κ2) is 5.31. The fourth-order valence-electron chi connectivity index (χ4n) is 3.20. The van der Waals surface area contributed by atoms with Crippen molar-refractivity contribution < 1.29 is 0 Å². The maximum atomic E-state index is 4.82. The van der Waals surface area contributed by atoms with E-state index in [1.807, 2.05) is 6.26 Å². The molecule has 0 fully saturated rings. The Bertz CT molecular complexity index is 686. The predicted molar refractivity (Wildman–Crippen MR) is 86.1 cm³/mol. The molecular formula is C16H18N4S. The average Bonchev–Trinajstić information content (AvgIpc) is 3.02. The molecule has 0 spiro atoms. The van der Waals surface area contributed by atoms with Crippen LogP contribution in [0.15, 0.2) is 29.4 Å². The van der Waals surface area contributed by atoms with Crippen molar-refractivity contribution in [1.82, 2.24) is 15.3 Å². The Hall–Kier alpha value is -1.59. The van der Waals surface area contributed by atoms with Crippen LogP contribution in [-0.4, -0.2) is 22.8 Å². The van der Waals surface area contributed by atoms with Gasteiger partial charge >= 0.3 is 0 Å². The topological polar surface area (TPSA) is 41.1 Å². The van der Waals surface area contributed by atoms with E-state index in [1.165, 1.54) is 23.2 Å². The molecule has 1 aromatic heterocycles. The van der Waals surface area contributed by atoms with Crippen LogP contribution in [0.2, 0.25) is 0 Å². The van der Waals surface area contributed by atoms with Crippen LogP contribution < -0.4 is 10.2 Å². The van der Waals surface area contributed by atoms with Crippen molar-refractivity contribution in [3.05, 3.63) is 41.1 Å². The molecule has 4 nitrogen and oxygen atoms in total. The Morgan fingerprint density at radius 3 is 3.00 bits per heavy atom. The van der Waals surface area contributed by atoms with Gasteiger partial charge in [0.05, 0.1) is 5.69 Å². The van der Waals surface area contributed by atoms with Crippen molar-refractivity contribution in [2.75, 3.05) is 17.7 Å². The first kappa shape index (κ1) is 13.1. The molecule has 0 atom stereocenters. The van der Waals surface area contributed by atoms with E-state index < -0.39 is 0 Å².